The van der Waals surface area contributed by atoms with Crippen molar-refractivity contribution in [1.82, 2.24) is 0 Å². The highest BCUT2D eigenvalue weighted by Gasteiger charge is 2.44. The third kappa shape index (κ3) is 69.2. The maximum absolute atomic E-state index is 12.6. The molecule has 0 aliphatic heterocycles. The standard InChI is InChI=1S/C31H46O10.C31H46O8.C29H40O9.3C4H10.12CH4/c1-9-11-12-13-24-14-16-25(17-15-24)38-20-31(10-2,19-37-18-26(34)29(5,6)40-22(3)32)21-39-28(36)27(35)30(7,8)41-23(4)33;1-9-11-12-13-24-14-16-25(17-15-24)38-20-31(10-2,19-37-18-26(34)29(5,6)22(3)32)21-39-28(36)27(35)30(7,8)23(4)33;1-7-9-10-11-23-12-14-24(15-13-23)36-18-29(8-2,19-37-27(32)21(3)16-25(30)34-5)20-38-28(33)22(4)17-26(31)35-6;3*1-3-4-2;;;;;;;;;;;;/h14-17H,9-13,18-21H2,1-8H3;14-17H,9-13,18-21H2,1-8H3;12-17H,7-11,18-20H2,1-6H3;3*3-4H2,1-2H3;12*1H4/b;;21-16+,22-17+;;;;;;;;;;;;;;;. The topological polar surface area (TPSA) is 359 Å². The quantitative estimate of drug-likeness (QED) is 0.0126. The van der Waals surface area contributed by atoms with Crippen molar-refractivity contribution in [3.8, 4) is 17.2 Å². The molecular weight excluding hydrogens is 1810 g/mol. The summed E-state index contributed by atoms with van der Waals surface area (Å²) in [5, 5.41) is 0. The van der Waals surface area contributed by atoms with E-state index < -0.39 is 109 Å². The number of carbonyl (C=O) groups is 14. The summed E-state index contributed by atoms with van der Waals surface area (Å²) < 4.78 is 70.4. The van der Waals surface area contributed by atoms with Crippen LogP contribution in [0.25, 0.3) is 0 Å². The van der Waals surface area contributed by atoms with E-state index in [1.165, 1.54) is 158 Å². The molecule has 0 aliphatic rings. The second-order valence-corrected chi connectivity index (χ2v) is 34.8. The lowest BCUT2D eigenvalue weighted by Gasteiger charge is -2.32. The number of Topliss-reactive ketones (excluding diaryl/α,β-unsaturated/α-hetero) is 6. The number of esters is 8. The summed E-state index contributed by atoms with van der Waals surface area (Å²) in [4.78, 5) is 170. The molecule has 0 spiro atoms. The summed E-state index contributed by atoms with van der Waals surface area (Å²) in [6.45, 7) is 43.1. The van der Waals surface area contributed by atoms with Gasteiger partial charge >= 0.3 is 47.8 Å². The largest absolute Gasteiger partial charge is 0.493 e. The Morgan fingerprint density at radius 2 is 0.528 bits per heavy atom. The van der Waals surface area contributed by atoms with Crippen LogP contribution >= 0.6 is 0 Å². The summed E-state index contributed by atoms with van der Waals surface area (Å²) in [5.41, 5.74) is -4.71. The average Bonchev–Trinajstić information content (AvgIpc) is 0.830. The molecule has 2 unspecified atom stereocenters. The molecule has 3 aromatic carbocycles. The highest BCUT2D eigenvalue weighted by Crippen LogP contribution is 2.32. The zero-order valence-corrected chi connectivity index (χ0v) is 84.2. The van der Waals surface area contributed by atoms with Crippen LogP contribution < -0.4 is 14.2 Å². The van der Waals surface area contributed by atoms with Gasteiger partial charge in [0.2, 0.25) is 5.78 Å². The van der Waals surface area contributed by atoms with Gasteiger partial charge in [0.25, 0.3) is 11.6 Å². The van der Waals surface area contributed by atoms with E-state index in [0.29, 0.717) is 36.5 Å². The Labute approximate surface area is 865 Å². The minimum atomic E-state index is -1.70. The first kappa shape index (κ1) is 166. The first-order valence-corrected chi connectivity index (χ1v) is 46.1. The van der Waals surface area contributed by atoms with Crippen molar-refractivity contribution >= 4 is 82.5 Å². The van der Waals surface area contributed by atoms with E-state index in [1.807, 2.05) is 93.6 Å². The number of unbranched alkanes of at least 4 members (excludes halogenated alkanes) is 9. The maximum Gasteiger partial charge on any atom is 0.378 e. The second kappa shape index (κ2) is 90.0. The van der Waals surface area contributed by atoms with Crippen LogP contribution in [0.4, 0.5) is 0 Å². The van der Waals surface area contributed by atoms with E-state index >= 15 is 0 Å². The van der Waals surface area contributed by atoms with Gasteiger partial charge in [-0.15, -0.1) is 0 Å². The van der Waals surface area contributed by atoms with Crippen LogP contribution in [-0.2, 0) is 134 Å². The highest BCUT2D eigenvalue weighted by molar-refractivity contribution is 6.40. The molecule has 3 aromatic rings. The normalized spacial score (nSPS) is 11.3. The maximum atomic E-state index is 12.6. The van der Waals surface area contributed by atoms with Crippen LogP contribution in [0.5, 0.6) is 17.2 Å². The van der Waals surface area contributed by atoms with Gasteiger partial charge in [0.05, 0.1) is 67.7 Å². The molecule has 0 heterocycles. The first-order chi connectivity index (χ1) is 61.0. The van der Waals surface area contributed by atoms with E-state index in [9.17, 15) is 67.1 Å². The highest BCUT2D eigenvalue weighted by atomic mass is 16.6. The summed E-state index contributed by atoms with van der Waals surface area (Å²) in [6, 6.07) is 23.3. The van der Waals surface area contributed by atoms with E-state index in [-0.39, 0.29) is 185 Å². The van der Waals surface area contributed by atoms with Gasteiger partial charge in [0, 0.05) is 37.1 Å². The SMILES string of the molecule is C.C.C.C.C.C.C.C.C.C.C.C.CCCC.CCCC.CCCC.CCCCCc1ccc(OCC(CC)(COC(=O)/C(C)=C/C(=O)OC)COC(=O)/C(C)=C/C(=O)OC)cc1.CCCCCc1ccc(OCC(CC)(COCC(=O)C(C)(C)C(C)=O)COC(=O)C(=O)C(C)(C)C(C)=O)cc1.CCCCCc1ccc(OCC(CC)(COCC(=O)C(C)(C)OC(C)=O)COC(=O)C(=O)C(C)(C)OC(C)=O)cc1. The Kier molecular flexibility index (Phi) is 105. The van der Waals surface area contributed by atoms with Crippen molar-refractivity contribution in [2.75, 3.05) is 86.9 Å². The van der Waals surface area contributed by atoms with E-state index in [0.717, 1.165) is 83.3 Å². The Hall–Kier alpha value is -9.76. The zero-order valence-electron chi connectivity index (χ0n) is 84.2. The van der Waals surface area contributed by atoms with Gasteiger partial charge in [-0.25, -0.2) is 28.8 Å². The van der Waals surface area contributed by atoms with Gasteiger partial charge in [-0.2, -0.15) is 0 Å². The number of rotatable bonds is 57. The molecule has 0 amide bonds. The third-order valence-corrected chi connectivity index (χ3v) is 21.8. The molecule has 0 radical (unpaired) electrons. The fraction of sp³-hybridized carbons (Fsp3) is 0.687. The fourth-order valence-electron chi connectivity index (χ4n) is 10.6. The van der Waals surface area contributed by atoms with Crippen molar-refractivity contribution in [2.45, 2.75) is 415 Å². The van der Waals surface area contributed by atoms with Crippen LogP contribution in [0.3, 0.4) is 0 Å². The Morgan fingerprint density at radius 3 is 0.768 bits per heavy atom. The lowest BCUT2D eigenvalue weighted by Crippen LogP contribution is -2.45. The van der Waals surface area contributed by atoms with E-state index in [1.54, 1.807) is 13.8 Å². The van der Waals surface area contributed by atoms with Gasteiger partial charge in [0.1, 0.15) is 75.1 Å². The van der Waals surface area contributed by atoms with Crippen LogP contribution in [0.2, 0.25) is 0 Å². The molecule has 2 atom stereocenters. The van der Waals surface area contributed by atoms with Crippen molar-refractivity contribution in [3.05, 3.63) is 113 Å². The minimum absolute atomic E-state index is 0. The molecule has 27 nitrogen and oxygen atoms in total. The predicted octanol–water partition coefficient (Wildman–Crippen LogP) is 27.3. The summed E-state index contributed by atoms with van der Waals surface area (Å²) in [6.07, 6.45) is 24.6. The lowest BCUT2D eigenvalue weighted by molar-refractivity contribution is -0.173. The van der Waals surface area contributed by atoms with Crippen LogP contribution in [-0.4, -0.2) is 181 Å². The number of ketones is 6. The molecule has 0 saturated heterocycles. The lowest BCUT2D eigenvalue weighted by atomic mass is 9.84. The van der Waals surface area contributed by atoms with E-state index in [4.69, 9.17) is 52.1 Å². The smallest absolute Gasteiger partial charge is 0.378 e. The molecule has 27 heteroatoms. The van der Waals surface area contributed by atoms with Gasteiger partial charge < -0.3 is 61.6 Å². The van der Waals surface area contributed by atoms with E-state index in [2.05, 4.69) is 71.8 Å². The number of hydrogen-bond donors (Lipinski definition) is 0. The Balaban J connectivity index is -0.000000119. The molecule has 0 saturated carbocycles. The van der Waals surface area contributed by atoms with Crippen molar-refractivity contribution < 1.29 is 129 Å². The second-order valence-electron chi connectivity index (χ2n) is 34.8. The van der Waals surface area contributed by atoms with Gasteiger partial charge in [0.15, 0.2) is 17.0 Å². The van der Waals surface area contributed by atoms with Crippen LogP contribution in [0.1, 0.15) is 401 Å². The van der Waals surface area contributed by atoms with Crippen molar-refractivity contribution in [3.63, 3.8) is 0 Å². The molecule has 3 rings (SSSR count). The molecular formula is C115H210O27. The fourth-order valence-corrected chi connectivity index (χ4v) is 10.6. The number of carbonyl (C=O) groups excluding carboxylic acids is 14. The van der Waals surface area contributed by atoms with Crippen LogP contribution in [0.15, 0.2) is 96.1 Å². The molecule has 0 aromatic heterocycles. The van der Waals surface area contributed by atoms with Gasteiger partial charge in [-0.3, -0.25) is 38.4 Å². The first-order valence-electron chi connectivity index (χ1n) is 46.1. The summed E-state index contributed by atoms with van der Waals surface area (Å²) in [5.74, 6) is -7.97. The molecule has 0 fully saturated rings. The van der Waals surface area contributed by atoms with Crippen molar-refractivity contribution in [1.29, 1.82) is 0 Å². The molecule has 0 N–H and O–H groups in total. The molecule has 0 bridgehead atoms. The van der Waals surface area contributed by atoms with Gasteiger partial charge in [-0.05, 0) is 194 Å². The monoisotopic (exact) mass is 2020 g/mol. The molecule has 142 heavy (non-hydrogen) atoms. The molecule has 832 valence electrons. The van der Waals surface area contributed by atoms with Crippen molar-refractivity contribution in [2.24, 2.45) is 27.1 Å². The summed E-state index contributed by atoms with van der Waals surface area (Å²) in [7, 11) is 2.42. The predicted molar refractivity (Wildman–Crippen MR) is 584 cm³/mol. The number of hydrogen-bond acceptors (Lipinski definition) is 27. The minimum Gasteiger partial charge on any atom is -0.493 e. The zero-order chi connectivity index (χ0) is 99.9. The Morgan fingerprint density at radius 1 is 0.282 bits per heavy atom. The van der Waals surface area contributed by atoms with Crippen LogP contribution in [0, 0.1) is 27.1 Å². The number of aryl methyl sites for hydroxylation is 3. The number of ether oxygens (including phenoxy) is 13. The third-order valence-electron chi connectivity index (χ3n) is 21.8. The summed E-state index contributed by atoms with van der Waals surface area (Å²) >= 11 is 0. The number of methoxy groups -OCH3 is 2. The Bertz CT molecular complexity index is 3880. The van der Waals surface area contributed by atoms with Gasteiger partial charge in [-0.1, -0.05) is 286 Å². The average molecular weight is 2020 g/mol. The number of benzene rings is 3. The molecule has 0 aliphatic carbocycles.